The van der Waals surface area contributed by atoms with Crippen molar-refractivity contribution >= 4 is 11.8 Å². The fraction of sp³-hybridized carbons (Fsp3) is 0.231. The van der Waals surface area contributed by atoms with Crippen LogP contribution in [0.25, 0.3) is 0 Å². The highest BCUT2D eigenvalue weighted by atomic mass is 16.5. The number of benzene rings is 3. The van der Waals surface area contributed by atoms with Crippen LogP contribution in [0.2, 0.25) is 0 Å². The predicted octanol–water partition coefficient (Wildman–Crippen LogP) is 2.88. The molecule has 3 aromatic rings. The summed E-state index contributed by atoms with van der Waals surface area (Å²) in [5.74, 6) is 0.241. The molecule has 0 saturated carbocycles. The minimum atomic E-state index is -0.794. The number of fused-ring (bicyclic) bond motifs is 1. The third-order valence-corrected chi connectivity index (χ3v) is 5.73. The quantitative estimate of drug-likeness (QED) is 0.540. The molecule has 0 fully saturated rings. The zero-order valence-corrected chi connectivity index (χ0v) is 18.0. The number of ether oxygens (including phenoxy) is 1. The van der Waals surface area contributed by atoms with Gasteiger partial charge in [-0.05, 0) is 29.2 Å². The maximum absolute atomic E-state index is 13.1. The molecule has 3 aromatic carbocycles. The largest absolute Gasteiger partial charge is 0.496 e. The highest BCUT2D eigenvalue weighted by Crippen LogP contribution is 2.20. The fourth-order valence-electron chi connectivity index (χ4n) is 3.96. The van der Waals surface area contributed by atoms with Crippen molar-refractivity contribution in [2.75, 3.05) is 7.11 Å². The summed E-state index contributed by atoms with van der Waals surface area (Å²) in [6.45, 7) is 0.932. The molecule has 164 valence electrons. The van der Waals surface area contributed by atoms with Gasteiger partial charge < -0.3 is 20.7 Å². The van der Waals surface area contributed by atoms with E-state index in [2.05, 4.69) is 22.0 Å². The topological polar surface area (TPSA) is 79.5 Å². The van der Waals surface area contributed by atoms with E-state index in [0.29, 0.717) is 25.3 Å². The molecule has 0 aromatic heterocycles. The summed E-state index contributed by atoms with van der Waals surface area (Å²) in [5, 5.41) is 9.18. The molecule has 2 atom stereocenters. The van der Waals surface area contributed by atoms with Gasteiger partial charge in [-0.1, -0.05) is 72.8 Å². The Morgan fingerprint density at radius 1 is 0.969 bits per heavy atom. The number of amides is 2. The Kier molecular flexibility index (Phi) is 6.82. The minimum Gasteiger partial charge on any atom is -0.496 e. The first-order chi connectivity index (χ1) is 15.7. The lowest BCUT2D eigenvalue weighted by molar-refractivity contribution is -0.130. The normalized spacial score (nSPS) is 15.8. The first kappa shape index (κ1) is 21.6. The number of hydrogen-bond acceptors (Lipinski definition) is 4. The second kappa shape index (κ2) is 10.1. The second-order valence-electron chi connectivity index (χ2n) is 7.79. The maximum atomic E-state index is 13.1. The van der Waals surface area contributed by atoms with Crippen LogP contribution in [0.3, 0.4) is 0 Å². The maximum Gasteiger partial charge on any atom is 0.247 e. The lowest BCUT2D eigenvalue weighted by Crippen LogP contribution is -2.50. The Balaban J connectivity index is 1.47. The molecule has 1 heterocycles. The number of carbonyl (C=O) groups is 2. The Labute approximate surface area is 188 Å². The number of rotatable bonds is 7. The van der Waals surface area contributed by atoms with Crippen molar-refractivity contribution in [3.8, 4) is 5.75 Å². The van der Waals surface area contributed by atoms with Crippen molar-refractivity contribution in [3.05, 3.63) is 101 Å². The van der Waals surface area contributed by atoms with Gasteiger partial charge in [-0.25, -0.2) is 0 Å². The van der Waals surface area contributed by atoms with Crippen LogP contribution >= 0.6 is 0 Å². The van der Waals surface area contributed by atoms with Crippen LogP contribution in [0.5, 0.6) is 5.75 Å². The Bertz CT molecular complexity index is 1080. The number of carbonyl (C=O) groups excluding carboxylic acids is 2. The van der Waals surface area contributed by atoms with E-state index in [9.17, 15) is 9.59 Å². The monoisotopic (exact) mass is 429 g/mol. The van der Waals surface area contributed by atoms with Crippen LogP contribution in [-0.2, 0) is 29.1 Å². The van der Waals surface area contributed by atoms with E-state index in [1.54, 1.807) is 7.11 Å². The fourth-order valence-corrected chi connectivity index (χ4v) is 3.96. The summed E-state index contributed by atoms with van der Waals surface area (Å²) >= 11 is 0. The third-order valence-electron chi connectivity index (χ3n) is 5.73. The van der Waals surface area contributed by atoms with E-state index in [1.807, 2.05) is 72.8 Å². The van der Waals surface area contributed by atoms with Crippen LogP contribution in [0.1, 0.15) is 28.3 Å². The summed E-state index contributed by atoms with van der Waals surface area (Å²) in [5.41, 5.74) is 3.95. The smallest absolute Gasteiger partial charge is 0.247 e. The van der Waals surface area contributed by atoms with Gasteiger partial charge in [0.2, 0.25) is 11.8 Å². The molecule has 0 aliphatic carbocycles. The van der Waals surface area contributed by atoms with Gasteiger partial charge in [0.15, 0.2) is 0 Å². The zero-order valence-electron chi connectivity index (χ0n) is 18.0. The Morgan fingerprint density at radius 3 is 2.44 bits per heavy atom. The van der Waals surface area contributed by atoms with E-state index in [1.165, 1.54) is 5.56 Å². The standard InChI is InChI=1S/C26H27N3O3/c1-32-23-14-8-7-13-21(23)17-28-26(31)24(18-9-3-2-4-10-18)29-25(30)22-15-19-11-5-6-12-20(19)16-27-22/h2-14,22,24,27H,15-17H2,1H3,(H,28,31)(H,29,30)/t22-,24+/m0/s1. The van der Waals surface area contributed by atoms with E-state index < -0.39 is 12.1 Å². The SMILES string of the molecule is COc1ccccc1CNC(=O)[C@H](NC(=O)[C@@H]1Cc2ccccc2CN1)c1ccccc1. The molecule has 4 rings (SSSR count). The zero-order chi connectivity index (χ0) is 22.3. The molecule has 2 amide bonds. The van der Waals surface area contributed by atoms with Gasteiger partial charge in [0.05, 0.1) is 13.2 Å². The van der Waals surface area contributed by atoms with Crippen molar-refractivity contribution in [2.45, 2.75) is 31.6 Å². The number of methoxy groups -OCH3 is 1. The van der Waals surface area contributed by atoms with Crippen LogP contribution in [0.4, 0.5) is 0 Å². The summed E-state index contributed by atoms with van der Waals surface area (Å²) in [6.07, 6.45) is 0.590. The summed E-state index contributed by atoms with van der Waals surface area (Å²) in [4.78, 5) is 26.2. The van der Waals surface area contributed by atoms with Gasteiger partial charge in [0.25, 0.3) is 0 Å². The van der Waals surface area contributed by atoms with Gasteiger partial charge in [-0.2, -0.15) is 0 Å². The first-order valence-electron chi connectivity index (χ1n) is 10.7. The molecular formula is C26H27N3O3. The first-order valence-corrected chi connectivity index (χ1v) is 10.7. The van der Waals surface area contributed by atoms with Gasteiger partial charge in [-0.3, -0.25) is 9.59 Å². The highest BCUT2D eigenvalue weighted by molar-refractivity contribution is 5.91. The molecule has 32 heavy (non-hydrogen) atoms. The van der Waals surface area contributed by atoms with E-state index in [-0.39, 0.29) is 11.8 Å². The summed E-state index contributed by atoms with van der Waals surface area (Å²) < 4.78 is 5.37. The summed E-state index contributed by atoms with van der Waals surface area (Å²) in [6, 6.07) is 23.7. The van der Waals surface area contributed by atoms with Crippen LogP contribution in [0, 0.1) is 0 Å². The highest BCUT2D eigenvalue weighted by Gasteiger charge is 2.29. The molecule has 0 bridgehead atoms. The second-order valence-corrected chi connectivity index (χ2v) is 7.79. The molecule has 0 radical (unpaired) electrons. The van der Waals surface area contributed by atoms with Crippen molar-refractivity contribution in [2.24, 2.45) is 0 Å². The van der Waals surface area contributed by atoms with Crippen LogP contribution in [-0.4, -0.2) is 25.0 Å². The number of para-hydroxylation sites is 1. The molecule has 6 heteroatoms. The molecule has 0 spiro atoms. The van der Waals surface area contributed by atoms with Gasteiger partial charge in [0, 0.05) is 18.7 Å². The molecule has 1 aliphatic rings. The van der Waals surface area contributed by atoms with Crippen molar-refractivity contribution in [1.82, 2.24) is 16.0 Å². The molecular weight excluding hydrogens is 402 g/mol. The van der Waals surface area contributed by atoms with Gasteiger partial charge in [0.1, 0.15) is 11.8 Å². The molecule has 3 N–H and O–H groups in total. The third kappa shape index (κ3) is 4.98. The Hall–Kier alpha value is -3.64. The van der Waals surface area contributed by atoms with E-state index in [4.69, 9.17) is 4.74 Å². The average molecular weight is 430 g/mol. The number of nitrogens with one attached hydrogen (secondary N) is 3. The molecule has 0 saturated heterocycles. The van der Waals surface area contributed by atoms with Gasteiger partial charge in [-0.15, -0.1) is 0 Å². The average Bonchev–Trinajstić information content (AvgIpc) is 2.86. The van der Waals surface area contributed by atoms with Crippen molar-refractivity contribution < 1.29 is 14.3 Å². The van der Waals surface area contributed by atoms with Crippen LogP contribution in [0.15, 0.2) is 78.9 Å². The predicted molar refractivity (Wildman–Crippen MR) is 123 cm³/mol. The van der Waals surface area contributed by atoms with E-state index in [0.717, 1.165) is 16.7 Å². The molecule has 6 nitrogen and oxygen atoms in total. The summed E-state index contributed by atoms with van der Waals surface area (Å²) in [7, 11) is 1.60. The van der Waals surface area contributed by atoms with E-state index >= 15 is 0 Å². The van der Waals surface area contributed by atoms with Gasteiger partial charge >= 0.3 is 0 Å². The minimum absolute atomic E-state index is 0.194. The Morgan fingerprint density at radius 2 is 1.66 bits per heavy atom. The van der Waals surface area contributed by atoms with Crippen molar-refractivity contribution in [3.63, 3.8) is 0 Å². The van der Waals surface area contributed by atoms with Crippen LogP contribution < -0.4 is 20.7 Å². The lowest BCUT2D eigenvalue weighted by Gasteiger charge is -2.27. The van der Waals surface area contributed by atoms with Crippen molar-refractivity contribution in [1.29, 1.82) is 0 Å². The molecule has 1 aliphatic heterocycles. The lowest BCUT2D eigenvalue weighted by atomic mass is 9.95. The molecule has 0 unspecified atom stereocenters. The number of hydrogen-bond donors (Lipinski definition) is 3.